The summed E-state index contributed by atoms with van der Waals surface area (Å²) in [6, 6.07) is 4.63. The highest BCUT2D eigenvalue weighted by atomic mass is 19.3. The number of nitrogens with one attached hydrogen (secondary N) is 1. The van der Waals surface area contributed by atoms with Gasteiger partial charge in [-0.1, -0.05) is 6.07 Å². The van der Waals surface area contributed by atoms with Crippen LogP contribution < -0.4 is 14.8 Å². The molecule has 0 unspecified atom stereocenters. The molecule has 2 rings (SSSR count). The normalized spacial score (nSPS) is 10.9. The van der Waals surface area contributed by atoms with Crippen LogP contribution in [-0.4, -0.2) is 60.5 Å². The van der Waals surface area contributed by atoms with Gasteiger partial charge in [0.2, 0.25) is 5.91 Å². The number of aromatic nitrogens is 2. The molecular weight excluding hydrogens is 402 g/mol. The standard InChI is InChI=1S/C19H24F2N4O5/c1-5-29-18(27)13-9-22-25(3)17(13)23-16(26)11-24(2)10-12-6-7-14(28-4)15(8-12)30-19(20)21/h6-9,19H,5,10-11H2,1-4H3,(H,23,26). The van der Waals surface area contributed by atoms with Crippen molar-refractivity contribution in [3.8, 4) is 11.5 Å². The number of halogens is 2. The molecule has 1 aromatic heterocycles. The van der Waals surface area contributed by atoms with Gasteiger partial charge in [-0.2, -0.15) is 13.9 Å². The molecule has 0 aliphatic rings. The number of carbonyl (C=O) groups is 2. The number of aryl methyl sites for hydroxylation is 1. The molecule has 1 heterocycles. The molecule has 0 aliphatic carbocycles. The SMILES string of the molecule is CCOC(=O)c1cnn(C)c1NC(=O)CN(C)Cc1ccc(OC)c(OC(F)F)c1. The van der Waals surface area contributed by atoms with Gasteiger partial charge in [-0.25, -0.2) is 4.79 Å². The molecule has 0 saturated heterocycles. The molecule has 11 heteroatoms. The molecule has 0 spiro atoms. The van der Waals surface area contributed by atoms with Gasteiger partial charge in [-0.3, -0.25) is 14.4 Å². The second-order valence-corrected chi connectivity index (χ2v) is 6.34. The number of ether oxygens (including phenoxy) is 3. The van der Waals surface area contributed by atoms with Gasteiger partial charge in [-0.15, -0.1) is 0 Å². The van der Waals surface area contributed by atoms with E-state index < -0.39 is 12.6 Å². The molecule has 0 bridgehead atoms. The molecule has 0 radical (unpaired) electrons. The lowest BCUT2D eigenvalue weighted by Crippen LogP contribution is -2.31. The van der Waals surface area contributed by atoms with Crippen molar-refractivity contribution in [1.29, 1.82) is 0 Å². The van der Waals surface area contributed by atoms with Crippen LogP contribution in [0.3, 0.4) is 0 Å². The highest BCUT2D eigenvalue weighted by Gasteiger charge is 2.20. The first-order chi connectivity index (χ1) is 14.2. The molecule has 0 fully saturated rings. The molecule has 30 heavy (non-hydrogen) atoms. The maximum atomic E-state index is 12.6. The fourth-order valence-corrected chi connectivity index (χ4v) is 2.74. The van der Waals surface area contributed by atoms with Gasteiger partial charge < -0.3 is 19.5 Å². The molecule has 164 valence electrons. The maximum Gasteiger partial charge on any atom is 0.387 e. The average molecular weight is 426 g/mol. The number of anilines is 1. The lowest BCUT2D eigenvalue weighted by atomic mass is 10.2. The molecule has 1 amide bonds. The molecule has 0 aliphatic heterocycles. The monoisotopic (exact) mass is 426 g/mol. The van der Waals surface area contributed by atoms with Crippen LogP contribution in [0.5, 0.6) is 11.5 Å². The maximum absolute atomic E-state index is 12.6. The van der Waals surface area contributed by atoms with E-state index in [0.717, 1.165) is 0 Å². The zero-order valence-electron chi connectivity index (χ0n) is 17.1. The molecular formula is C19H24F2N4O5. The van der Waals surface area contributed by atoms with E-state index in [2.05, 4.69) is 15.2 Å². The van der Waals surface area contributed by atoms with E-state index in [1.54, 1.807) is 32.0 Å². The Morgan fingerprint density at radius 3 is 2.67 bits per heavy atom. The Balaban J connectivity index is 2.02. The Kier molecular flexibility index (Phi) is 8.10. The first kappa shape index (κ1) is 23.1. The third-order valence-corrected chi connectivity index (χ3v) is 4.00. The highest BCUT2D eigenvalue weighted by Crippen LogP contribution is 2.29. The molecule has 2 aromatic rings. The topological polar surface area (TPSA) is 94.9 Å². The van der Waals surface area contributed by atoms with Crippen molar-refractivity contribution in [2.75, 3.05) is 32.6 Å². The fraction of sp³-hybridized carbons (Fsp3) is 0.421. The van der Waals surface area contributed by atoms with Crippen molar-refractivity contribution in [2.24, 2.45) is 7.05 Å². The number of benzene rings is 1. The van der Waals surface area contributed by atoms with Gasteiger partial charge in [-0.05, 0) is 31.7 Å². The predicted octanol–water partition coefficient (Wildman–Crippen LogP) is 2.28. The lowest BCUT2D eigenvalue weighted by molar-refractivity contribution is -0.117. The van der Waals surface area contributed by atoms with Crippen LogP contribution in [0.2, 0.25) is 0 Å². The lowest BCUT2D eigenvalue weighted by Gasteiger charge is -2.18. The quantitative estimate of drug-likeness (QED) is 0.583. The fourth-order valence-electron chi connectivity index (χ4n) is 2.74. The second kappa shape index (κ2) is 10.5. The van der Waals surface area contributed by atoms with Crippen molar-refractivity contribution >= 4 is 17.7 Å². The number of alkyl halides is 2. The summed E-state index contributed by atoms with van der Waals surface area (Å²) in [5.74, 6) is -0.647. The van der Waals surface area contributed by atoms with Crippen LogP contribution in [0.1, 0.15) is 22.8 Å². The van der Waals surface area contributed by atoms with Gasteiger partial charge in [0.1, 0.15) is 11.4 Å². The molecule has 9 nitrogen and oxygen atoms in total. The van der Waals surface area contributed by atoms with Crippen LogP contribution in [0.15, 0.2) is 24.4 Å². The Morgan fingerprint density at radius 2 is 2.03 bits per heavy atom. The third kappa shape index (κ3) is 6.14. The third-order valence-electron chi connectivity index (χ3n) is 4.00. The van der Waals surface area contributed by atoms with Gasteiger partial charge in [0.05, 0.1) is 26.5 Å². The minimum absolute atomic E-state index is 0.0233. The number of rotatable bonds is 10. The molecule has 0 atom stereocenters. The van der Waals surface area contributed by atoms with Crippen molar-refractivity contribution in [1.82, 2.24) is 14.7 Å². The van der Waals surface area contributed by atoms with Crippen LogP contribution in [0.25, 0.3) is 0 Å². The number of likely N-dealkylation sites (N-methyl/N-ethyl adjacent to an activating group) is 1. The van der Waals surface area contributed by atoms with Gasteiger partial charge in [0.25, 0.3) is 0 Å². The summed E-state index contributed by atoms with van der Waals surface area (Å²) in [6.07, 6.45) is 1.32. The summed E-state index contributed by atoms with van der Waals surface area (Å²) in [5.41, 5.74) is 0.800. The summed E-state index contributed by atoms with van der Waals surface area (Å²) in [5, 5.41) is 6.62. The van der Waals surface area contributed by atoms with E-state index >= 15 is 0 Å². The summed E-state index contributed by atoms with van der Waals surface area (Å²) in [6.45, 7) is -0.843. The Bertz CT molecular complexity index is 888. The number of esters is 1. The minimum Gasteiger partial charge on any atom is -0.493 e. The summed E-state index contributed by atoms with van der Waals surface area (Å²) in [7, 11) is 4.63. The number of nitrogens with zero attached hydrogens (tertiary/aromatic N) is 3. The smallest absolute Gasteiger partial charge is 0.387 e. The second-order valence-electron chi connectivity index (χ2n) is 6.34. The van der Waals surface area contributed by atoms with Gasteiger partial charge in [0, 0.05) is 13.6 Å². The molecule has 1 aromatic carbocycles. The number of carbonyl (C=O) groups excluding carboxylic acids is 2. The minimum atomic E-state index is -2.98. The highest BCUT2D eigenvalue weighted by molar-refractivity contribution is 6.00. The van der Waals surface area contributed by atoms with E-state index in [4.69, 9.17) is 9.47 Å². The predicted molar refractivity (Wildman–Crippen MR) is 104 cm³/mol. The van der Waals surface area contributed by atoms with E-state index in [0.29, 0.717) is 5.56 Å². The summed E-state index contributed by atoms with van der Waals surface area (Å²) < 4.78 is 40.9. The van der Waals surface area contributed by atoms with Gasteiger partial charge in [0.15, 0.2) is 11.5 Å². The first-order valence-electron chi connectivity index (χ1n) is 9.04. The number of amides is 1. The van der Waals surface area contributed by atoms with Crippen LogP contribution in [0.4, 0.5) is 14.6 Å². The van der Waals surface area contributed by atoms with Gasteiger partial charge >= 0.3 is 12.6 Å². The average Bonchev–Trinajstić information content (AvgIpc) is 3.02. The summed E-state index contributed by atoms with van der Waals surface area (Å²) in [4.78, 5) is 26.1. The van der Waals surface area contributed by atoms with E-state index in [-0.39, 0.29) is 48.5 Å². The molecule has 0 saturated carbocycles. The van der Waals surface area contributed by atoms with E-state index in [1.807, 2.05) is 0 Å². The van der Waals surface area contributed by atoms with Crippen molar-refractivity contribution < 1.29 is 32.6 Å². The zero-order chi connectivity index (χ0) is 22.3. The van der Waals surface area contributed by atoms with Crippen molar-refractivity contribution in [2.45, 2.75) is 20.1 Å². The van der Waals surface area contributed by atoms with Crippen molar-refractivity contribution in [3.63, 3.8) is 0 Å². The largest absolute Gasteiger partial charge is 0.493 e. The van der Waals surface area contributed by atoms with E-state index in [1.165, 1.54) is 30.1 Å². The van der Waals surface area contributed by atoms with Crippen LogP contribution >= 0.6 is 0 Å². The number of hydrogen-bond donors (Lipinski definition) is 1. The Labute approximate surface area is 172 Å². The Hall–Kier alpha value is -3.21. The Morgan fingerprint density at radius 1 is 1.30 bits per heavy atom. The van der Waals surface area contributed by atoms with E-state index in [9.17, 15) is 18.4 Å². The van der Waals surface area contributed by atoms with Crippen LogP contribution in [-0.2, 0) is 23.1 Å². The zero-order valence-corrected chi connectivity index (χ0v) is 17.1. The van der Waals surface area contributed by atoms with Crippen LogP contribution in [0, 0.1) is 0 Å². The summed E-state index contributed by atoms with van der Waals surface area (Å²) >= 11 is 0. The molecule has 1 N–H and O–H groups in total. The number of hydrogen-bond acceptors (Lipinski definition) is 7. The first-order valence-corrected chi connectivity index (χ1v) is 9.04. The van der Waals surface area contributed by atoms with Crippen molar-refractivity contribution in [3.05, 3.63) is 35.5 Å². The number of methoxy groups -OCH3 is 1.